The molecular formula is C18H22BrN4O3+. The Kier molecular flexibility index (Phi) is 4.79. The molecule has 1 amide bonds. The Hall–Kier alpha value is -2.35. The van der Waals surface area contributed by atoms with E-state index in [1.54, 1.807) is 11.1 Å². The second-order valence-electron chi connectivity index (χ2n) is 7.08. The molecule has 0 saturated carbocycles. The second kappa shape index (κ2) is 6.75. The van der Waals surface area contributed by atoms with Crippen LogP contribution in [0.1, 0.15) is 33.5 Å². The van der Waals surface area contributed by atoms with Gasteiger partial charge in [-0.3, -0.25) is 5.21 Å². The van der Waals surface area contributed by atoms with Crippen LogP contribution in [0.15, 0.2) is 28.9 Å². The van der Waals surface area contributed by atoms with Gasteiger partial charge in [0, 0.05) is 21.8 Å². The highest BCUT2D eigenvalue weighted by Crippen LogP contribution is 2.24. The standard InChI is InChI=1S/C18H21BrN4O3/c1-5-22(17(24)26-18(2,3)4)10-15-20-13-9-23(25)14-8-11(19)6-7-12(14)16(13)21-15/h6-9,25H,5,10H2,1-4H3/p+1. The van der Waals surface area contributed by atoms with Crippen molar-refractivity contribution in [3.63, 3.8) is 0 Å². The molecule has 26 heavy (non-hydrogen) atoms. The number of fused-ring (bicyclic) bond motifs is 3. The topological polar surface area (TPSA) is 82.3 Å². The van der Waals surface area contributed by atoms with Gasteiger partial charge in [0.1, 0.15) is 22.5 Å². The molecule has 138 valence electrons. The summed E-state index contributed by atoms with van der Waals surface area (Å²) in [6.45, 7) is 8.20. The number of hydrogen-bond acceptors (Lipinski definition) is 4. The molecule has 0 unspecified atom stereocenters. The summed E-state index contributed by atoms with van der Waals surface area (Å²) >= 11 is 3.41. The summed E-state index contributed by atoms with van der Waals surface area (Å²) in [6.07, 6.45) is 1.19. The van der Waals surface area contributed by atoms with Gasteiger partial charge >= 0.3 is 6.09 Å². The summed E-state index contributed by atoms with van der Waals surface area (Å²) < 4.78 is 7.37. The number of H-pyrrole nitrogens is 1. The fourth-order valence-electron chi connectivity index (χ4n) is 2.71. The van der Waals surface area contributed by atoms with Crippen LogP contribution in [0.3, 0.4) is 0 Å². The first kappa shape index (κ1) is 18.4. The number of aromatic nitrogens is 3. The van der Waals surface area contributed by atoms with Crippen LogP contribution in [0.4, 0.5) is 4.79 Å². The number of imidazole rings is 1. The summed E-state index contributed by atoms with van der Waals surface area (Å²) in [4.78, 5) is 21.7. The van der Waals surface area contributed by atoms with Gasteiger partial charge in [-0.15, -0.1) is 0 Å². The number of carbonyl (C=O) groups is 1. The Balaban J connectivity index is 1.96. The number of hydrogen-bond donors (Lipinski definition) is 2. The average Bonchev–Trinajstić information content (AvgIpc) is 2.93. The van der Waals surface area contributed by atoms with Crippen molar-refractivity contribution in [2.45, 2.75) is 39.8 Å². The van der Waals surface area contributed by atoms with Gasteiger partial charge in [0.25, 0.3) is 5.52 Å². The smallest absolute Gasteiger partial charge is 0.410 e. The van der Waals surface area contributed by atoms with E-state index in [9.17, 15) is 10.0 Å². The van der Waals surface area contributed by atoms with Crippen molar-refractivity contribution >= 4 is 44.0 Å². The van der Waals surface area contributed by atoms with Crippen molar-refractivity contribution < 1.29 is 19.5 Å². The number of pyridine rings is 1. The molecule has 0 fully saturated rings. The number of rotatable bonds is 3. The summed E-state index contributed by atoms with van der Waals surface area (Å²) in [7, 11) is 0. The summed E-state index contributed by atoms with van der Waals surface area (Å²) in [5.41, 5.74) is 1.53. The quantitative estimate of drug-likeness (QED) is 0.498. The van der Waals surface area contributed by atoms with E-state index in [2.05, 4.69) is 25.9 Å². The first-order chi connectivity index (χ1) is 12.2. The molecule has 0 aliphatic heterocycles. The van der Waals surface area contributed by atoms with E-state index in [0.29, 0.717) is 29.9 Å². The van der Waals surface area contributed by atoms with Gasteiger partial charge in [-0.05, 0) is 39.8 Å². The van der Waals surface area contributed by atoms with E-state index in [0.717, 1.165) is 20.1 Å². The number of halogens is 1. The second-order valence-corrected chi connectivity index (χ2v) is 7.99. The van der Waals surface area contributed by atoms with Crippen molar-refractivity contribution in [2.75, 3.05) is 6.54 Å². The highest BCUT2D eigenvalue weighted by molar-refractivity contribution is 9.10. The molecule has 0 saturated heterocycles. The Morgan fingerprint density at radius 1 is 1.42 bits per heavy atom. The Morgan fingerprint density at radius 3 is 2.81 bits per heavy atom. The fraction of sp³-hybridized carbons (Fsp3) is 0.389. The molecule has 0 atom stereocenters. The third-order valence-electron chi connectivity index (χ3n) is 3.87. The Morgan fingerprint density at radius 2 is 2.15 bits per heavy atom. The van der Waals surface area contributed by atoms with Crippen LogP contribution >= 0.6 is 15.9 Å². The molecule has 0 aliphatic rings. The largest absolute Gasteiger partial charge is 0.444 e. The van der Waals surface area contributed by atoms with E-state index >= 15 is 0 Å². The number of ether oxygens (including phenoxy) is 1. The monoisotopic (exact) mass is 421 g/mol. The van der Waals surface area contributed by atoms with Crippen LogP contribution in [0.2, 0.25) is 0 Å². The molecular weight excluding hydrogens is 400 g/mol. The summed E-state index contributed by atoms with van der Waals surface area (Å²) in [6, 6.07) is 5.61. The molecule has 7 nitrogen and oxygen atoms in total. The van der Waals surface area contributed by atoms with Gasteiger partial charge < -0.3 is 14.6 Å². The zero-order valence-corrected chi connectivity index (χ0v) is 16.8. The normalized spacial score (nSPS) is 11.9. The Bertz CT molecular complexity index is 978. The van der Waals surface area contributed by atoms with Crippen molar-refractivity contribution in [1.82, 2.24) is 14.9 Å². The minimum Gasteiger partial charge on any atom is -0.444 e. The molecule has 0 spiro atoms. The maximum atomic E-state index is 12.3. The highest BCUT2D eigenvalue weighted by Gasteiger charge is 2.23. The van der Waals surface area contributed by atoms with Crippen molar-refractivity contribution in [2.24, 2.45) is 0 Å². The highest BCUT2D eigenvalue weighted by atomic mass is 79.9. The van der Waals surface area contributed by atoms with Crippen LogP contribution < -0.4 is 4.73 Å². The first-order valence-electron chi connectivity index (χ1n) is 8.37. The van der Waals surface area contributed by atoms with E-state index in [4.69, 9.17) is 4.74 Å². The van der Waals surface area contributed by atoms with Crippen LogP contribution in [0.25, 0.3) is 21.9 Å². The predicted octanol–water partition coefficient (Wildman–Crippen LogP) is 3.76. The number of amides is 1. The minimum atomic E-state index is -0.551. The number of benzene rings is 1. The SMILES string of the molecule is CCN(Cc1nc2c(c[n+](O)c3cc(Br)ccc23)[nH]1)C(=O)OC(C)(C)C. The van der Waals surface area contributed by atoms with Gasteiger partial charge in [0.2, 0.25) is 6.20 Å². The lowest BCUT2D eigenvalue weighted by Crippen LogP contribution is -2.36. The molecule has 0 bridgehead atoms. The van der Waals surface area contributed by atoms with Crippen molar-refractivity contribution in [3.05, 3.63) is 34.7 Å². The van der Waals surface area contributed by atoms with Crippen LogP contribution in [-0.4, -0.2) is 38.3 Å². The lowest BCUT2D eigenvalue weighted by Gasteiger charge is -2.25. The van der Waals surface area contributed by atoms with E-state index in [-0.39, 0.29) is 6.09 Å². The zero-order valence-electron chi connectivity index (χ0n) is 15.2. The number of aromatic amines is 1. The van der Waals surface area contributed by atoms with Gasteiger partial charge in [0.15, 0.2) is 0 Å². The maximum absolute atomic E-state index is 12.3. The number of nitrogens with one attached hydrogen (secondary N) is 1. The molecule has 8 heteroatoms. The van der Waals surface area contributed by atoms with E-state index in [1.165, 1.54) is 0 Å². The molecule has 0 aliphatic carbocycles. The van der Waals surface area contributed by atoms with E-state index < -0.39 is 5.60 Å². The molecule has 3 rings (SSSR count). The molecule has 2 aromatic heterocycles. The number of nitrogens with zero attached hydrogens (tertiary/aromatic N) is 3. The molecule has 3 aromatic rings. The van der Waals surface area contributed by atoms with E-state index in [1.807, 2.05) is 45.9 Å². The lowest BCUT2D eigenvalue weighted by molar-refractivity contribution is -0.883. The lowest BCUT2D eigenvalue weighted by atomic mass is 10.2. The Labute approximate surface area is 159 Å². The third kappa shape index (κ3) is 3.75. The van der Waals surface area contributed by atoms with Gasteiger partial charge in [0.05, 0.1) is 11.9 Å². The van der Waals surface area contributed by atoms with Gasteiger partial charge in [-0.1, -0.05) is 15.9 Å². The van der Waals surface area contributed by atoms with Crippen molar-refractivity contribution in [1.29, 1.82) is 0 Å². The average molecular weight is 422 g/mol. The minimum absolute atomic E-state index is 0.295. The van der Waals surface area contributed by atoms with Crippen LogP contribution in [0, 0.1) is 0 Å². The number of carbonyl (C=O) groups excluding carboxylic acids is 1. The zero-order chi connectivity index (χ0) is 19.1. The predicted molar refractivity (Wildman–Crippen MR) is 101 cm³/mol. The maximum Gasteiger partial charge on any atom is 0.410 e. The molecule has 2 heterocycles. The van der Waals surface area contributed by atoms with Crippen molar-refractivity contribution in [3.8, 4) is 0 Å². The van der Waals surface area contributed by atoms with Crippen LogP contribution in [0.5, 0.6) is 0 Å². The third-order valence-corrected chi connectivity index (χ3v) is 4.36. The molecule has 0 radical (unpaired) electrons. The van der Waals surface area contributed by atoms with Gasteiger partial charge in [-0.25, -0.2) is 9.78 Å². The van der Waals surface area contributed by atoms with Gasteiger partial charge in [-0.2, -0.15) is 0 Å². The molecule has 1 aromatic carbocycles. The van der Waals surface area contributed by atoms with Crippen LogP contribution in [-0.2, 0) is 11.3 Å². The molecule has 2 N–H and O–H groups in total. The fourth-order valence-corrected chi connectivity index (χ4v) is 3.06. The summed E-state index contributed by atoms with van der Waals surface area (Å²) in [5, 5.41) is 11.0. The summed E-state index contributed by atoms with van der Waals surface area (Å²) in [5.74, 6) is 0.628. The first-order valence-corrected chi connectivity index (χ1v) is 9.17.